The molecule has 1 fully saturated rings. The van der Waals surface area contributed by atoms with Crippen molar-refractivity contribution in [1.29, 1.82) is 0 Å². The zero-order valence-corrected chi connectivity index (χ0v) is 21.0. The van der Waals surface area contributed by atoms with Gasteiger partial charge in [0.25, 0.3) is 0 Å². The number of hydrogen-bond acceptors (Lipinski definition) is 2. The molecule has 0 aromatic heterocycles. The van der Waals surface area contributed by atoms with Crippen LogP contribution in [-0.4, -0.2) is 21.2 Å². The van der Waals surface area contributed by atoms with Gasteiger partial charge in [0.15, 0.2) is 0 Å². The van der Waals surface area contributed by atoms with Crippen molar-refractivity contribution in [2.75, 3.05) is 7.11 Å². The van der Waals surface area contributed by atoms with E-state index in [9.17, 15) is 4.79 Å². The third kappa shape index (κ3) is 4.40. The highest BCUT2D eigenvalue weighted by atomic mass is 28.3. The van der Waals surface area contributed by atoms with Crippen LogP contribution in [0.3, 0.4) is 0 Å². The number of esters is 1. The highest BCUT2D eigenvalue weighted by Crippen LogP contribution is 2.58. The van der Waals surface area contributed by atoms with E-state index in [2.05, 4.69) is 115 Å². The fourth-order valence-corrected chi connectivity index (χ4v) is 10.8. The summed E-state index contributed by atoms with van der Waals surface area (Å²) in [7, 11) is -0.916. The van der Waals surface area contributed by atoms with Crippen molar-refractivity contribution in [2.24, 2.45) is 11.3 Å². The lowest BCUT2D eigenvalue weighted by Gasteiger charge is -2.34. The third-order valence-electron chi connectivity index (χ3n) is 7.44. The van der Waals surface area contributed by atoms with Crippen LogP contribution in [0, 0.1) is 11.3 Å². The van der Waals surface area contributed by atoms with E-state index in [1.54, 1.807) is 0 Å². The molecule has 0 heterocycles. The van der Waals surface area contributed by atoms with Crippen molar-refractivity contribution < 1.29 is 9.53 Å². The molecule has 2 atom stereocenters. The van der Waals surface area contributed by atoms with E-state index in [0.717, 1.165) is 18.0 Å². The Bertz CT molecular complexity index is 1190. The minimum atomic E-state index is -2.42. The van der Waals surface area contributed by atoms with E-state index >= 15 is 0 Å². The van der Waals surface area contributed by atoms with Gasteiger partial charge < -0.3 is 4.74 Å². The first-order valence-electron chi connectivity index (χ1n) is 12.2. The molecule has 0 radical (unpaired) electrons. The first-order valence-corrected chi connectivity index (χ1v) is 14.4. The van der Waals surface area contributed by atoms with E-state index in [-0.39, 0.29) is 11.9 Å². The Kier molecular flexibility index (Phi) is 6.52. The first-order chi connectivity index (χ1) is 17.2. The molecule has 4 aromatic carbocycles. The first kappa shape index (κ1) is 23.1. The maximum atomic E-state index is 13.2. The summed E-state index contributed by atoms with van der Waals surface area (Å²) in [5.41, 5.74) is 0.514. The second-order valence-corrected chi connectivity index (χ2v) is 13.3. The van der Waals surface area contributed by atoms with Gasteiger partial charge in [0.2, 0.25) is 0 Å². The van der Waals surface area contributed by atoms with Crippen LogP contribution in [-0.2, 0) is 9.53 Å². The molecule has 2 nitrogen and oxygen atoms in total. The van der Waals surface area contributed by atoms with Gasteiger partial charge in [0.05, 0.1) is 12.5 Å². The molecule has 174 valence electrons. The zero-order chi connectivity index (χ0) is 24.1. The van der Waals surface area contributed by atoms with Crippen LogP contribution < -0.4 is 15.6 Å². The topological polar surface area (TPSA) is 26.3 Å². The van der Waals surface area contributed by atoms with Crippen molar-refractivity contribution in [3.8, 4) is 0 Å². The van der Waals surface area contributed by atoms with E-state index < -0.39 is 13.5 Å². The molecule has 0 bridgehead atoms. The average molecular weight is 475 g/mol. The van der Waals surface area contributed by atoms with Crippen LogP contribution in [0.25, 0.3) is 6.08 Å². The monoisotopic (exact) mass is 474 g/mol. The average Bonchev–Trinajstić information content (AvgIpc) is 3.65. The lowest BCUT2D eigenvalue weighted by Crippen LogP contribution is -2.67. The quantitative estimate of drug-likeness (QED) is 0.203. The lowest BCUT2D eigenvalue weighted by atomic mass is 10.0. The Balaban J connectivity index is 1.62. The summed E-state index contributed by atoms with van der Waals surface area (Å²) >= 11 is 0. The predicted molar refractivity (Wildman–Crippen MR) is 147 cm³/mol. The van der Waals surface area contributed by atoms with Gasteiger partial charge in [-0.15, -0.1) is 0 Å². The normalized spacial score (nSPS) is 19.4. The fraction of sp³-hybridized carbons (Fsp3) is 0.156. The molecule has 1 saturated carbocycles. The summed E-state index contributed by atoms with van der Waals surface area (Å²) in [6.07, 6.45) is 4.98. The van der Waals surface area contributed by atoms with Crippen LogP contribution in [0.15, 0.2) is 127 Å². The number of ether oxygens (including phenoxy) is 1. The van der Waals surface area contributed by atoms with E-state index in [1.165, 1.54) is 22.7 Å². The van der Waals surface area contributed by atoms with Crippen LogP contribution in [0.1, 0.15) is 12.0 Å². The number of carbonyl (C=O) groups excluding carboxylic acids is 1. The molecule has 0 saturated heterocycles. The zero-order valence-electron chi connectivity index (χ0n) is 20.0. The highest BCUT2D eigenvalue weighted by Gasteiger charge is 2.62. The molecule has 0 N–H and O–H groups in total. The largest absolute Gasteiger partial charge is 0.468 e. The van der Waals surface area contributed by atoms with Gasteiger partial charge >= 0.3 is 5.97 Å². The summed E-state index contributed by atoms with van der Waals surface area (Å²) in [6, 6.07) is 43.8. The molecular formula is C32H30O2Si. The molecule has 1 aliphatic rings. The van der Waals surface area contributed by atoms with Crippen LogP contribution in [0.2, 0.25) is 6.04 Å². The van der Waals surface area contributed by atoms with E-state index in [0.29, 0.717) is 0 Å². The summed E-state index contributed by atoms with van der Waals surface area (Å²) in [4.78, 5) is 13.2. The number of benzene rings is 4. The molecule has 0 unspecified atom stereocenters. The van der Waals surface area contributed by atoms with E-state index in [1.807, 2.05) is 18.2 Å². The molecule has 35 heavy (non-hydrogen) atoms. The van der Waals surface area contributed by atoms with Gasteiger partial charge in [-0.1, -0.05) is 133 Å². The summed E-state index contributed by atoms with van der Waals surface area (Å²) in [6.45, 7) is 0. The Morgan fingerprint density at radius 3 is 1.63 bits per heavy atom. The maximum Gasteiger partial charge on any atom is 0.315 e. The van der Waals surface area contributed by atoms with Gasteiger partial charge in [-0.2, -0.15) is 0 Å². The van der Waals surface area contributed by atoms with Crippen molar-refractivity contribution in [3.05, 3.63) is 133 Å². The molecule has 4 aromatic rings. The number of hydrogen-bond donors (Lipinski definition) is 0. The van der Waals surface area contributed by atoms with E-state index in [4.69, 9.17) is 4.74 Å². The van der Waals surface area contributed by atoms with Gasteiger partial charge in [-0.3, -0.25) is 4.79 Å². The molecular weight excluding hydrogens is 444 g/mol. The Labute approximate surface area is 208 Å². The third-order valence-corrected chi connectivity index (χ3v) is 12.5. The standard InChI is InChI=1S/C32H30O2Si/c1-34-31(33)32(23-22-26-14-6-2-7-15-26)24-27(32)25-35(28-16-8-3-9-17-28,29-18-10-4-11-19-29)30-20-12-5-13-21-30/h2-23,27H,24-25H2,1H3/b23-22+/t27-,32+/m0/s1. The van der Waals surface area contributed by atoms with Crippen molar-refractivity contribution in [3.63, 3.8) is 0 Å². The van der Waals surface area contributed by atoms with Crippen LogP contribution >= 0.6 is 0 Å². The molecule has 0 aliphatic heterocycles. The molecule has 3 heteroatoms. The smallest absolute Gasteiger partial charge is 0.315 e. The van der Waals surface area contributed by atoms with Crippen molar-refractivity contribution >= 4 is 35.7 Å². The molecule has 5 rings (SSSR count). The molecule has 0 amide bonds. The predicted octanol–water partition coefficient (Wildman–Crippen LogP) is 5.05. The second kappa shape index (κ2) is 9.89. The Morgan fingerprint density at radius 1 is 0.771 bits per heavy atom. The molecule has 1 aliphatic carbocycles. The minimum absolute atomic E-state index is 0.133. The van der Waals surface area contributed by atoms with Crippen LogP contribution in [0.5, 0.6) is 0 Å². The number of rotatable bonds is 8. The van der Waals surface area contributed by atoms with Crippen molar-refractivity contribution in [2.45, 2.75) is 12.5 Å². The lowest BCUT2D eigenvalue weighted by molar-refractivity contribution is -0.145. The highest BCUT2D eigenvalue weighted by molar-refractivity contribution is 7.11. The Hall–Kier alpha value is -3.69. The van der Waals surface area contributed by atoms with Gasteiger partial charge in [0, 0.05) is 0 Å². The Morgan fingerprint density at radius 2 is 1.20 bits per heavy atom. The number of carbonyl (C=O) groups is 1. The van der Waals surface area contributed by atoms with Gasteiger partial charge in [-0.05, 0) is 39.5 Å². The maximum absolute atomic E-state index is 13.2. The van der Waals surface area contributed by atoms with Gasteiger partial charge in [-0.25, -0.2) is 0 Å². The van der Waals surface area contributed by atoms with Crippen molar-refractivity contribution in [1.82, 2.24) is 0 Å². The van der Waals surface area contributed by atoms with Crippen LogP contribution in [0.4, 0.5) is 0 Å². The summed E-state index contributed by atoms with van der Waals surface area (Å²) in [5, 5.41) is 4.11. The minimum Gasteiger partial charge on any atom is -0.468 e. The number of methoxy groups -OCH3 is 1. The molecule has 0 spiro atoms. The second-order valence-electron chi connectivity index (χ2n) is 9.38. The van der Waals surface area contributed by atoms with Gasteiger partial charge in [0.1, 0.15) is 8.07 Å². The SMILES string of the molecule is COC(=O)[C@]1(/C=C/c2ccccc2)C[C@H]1C[Si](c1ccccc1)(c1ccccc1)c1ccccc1. The summed E-state index contributed by atoms with van der Waals surface area (Å²) < 4.78 is 5.35. The fourth-order valence-electron chi connectivity index (χ4n) is 5.52. The summed E-state index contributed by atoms with van der Waals surface area (Å²) in [5.74, 6) is 0.0777.